The first-order valence-corrected chi connectivity index (χ1v) is 6.13. The van der Waals surface area contributed by atoms with Crippen LogP contribution in [0.3, 0.4) is 0 Å². The molecule has 2 saturated carbocycles. The summed E-state index contributed by atoms with van der Waals surface area (Å²) in [5.74, 6) is -1.52. The number of carbonyl (C=O) groups excluding carboxylic acids is 2. The van der Waals surface area contributed by atoms with Gasteiger partial charge in [-0.25, -0.2) is 0 Å². The standard InChI is InChI=1S/C13H20O4/c1-11(2)8-4-6-12(11,3)10(16)13(8,17)7-5-9(14)15/h8,17H,4-7H2,1-3H3,(H,14,15)/p-1/t8-,12+,13-/m0/s1. The number of Topliss-reactive ketones (excluding diaryl/α,β-unsaturated/α-hetero) is 1. The molecular formula is C13H19O4-. The molecule has 4 nitrogen and oxygen atoms in total. The number of aliphatic hydroxyl groups is 1. The van der Waals surface area contributed by atoms with Crippen molar-refractivity contribution in [3.8, 4) is 0 Å². The van der Waals surface area contributed by atoms with Crippen LogP contribution in [-0.4, -0.2) is 22.5 Å². The van der Waals surface area contributed by atoms with Crippen molar-refractivity contribution in [2.75, 3.05) is 0 Å². The number of aliphatic carboxylic acids is 1. The van der Waals surface area contributed by atoms with E-state index in [0.29, 0.717) is 0 Å². The second-order valence-corrected chi connectivity index (χ2v) is 6.27. The predicted molar refractivity (Wildman–Crippen MR) is 58.8 cm³/mol. The lowest BCUT2D eigenvalue weighted by atomic mass is 9.70. The Bertz CT molecular complexity index is 387. The summed E-state index contributed by atoms with van der Waals surface area (Å²) in [5, 5.41) is 21.1. The van der Waals surface area contributed by atoms with Gasteiger partial charge in [0, 0.05) is 17.3 Å². The van der Waals surface area contributed by atoms with Crippen molar-refractivity contribution in [1.29, 1.82) is 0 Å². The highest BCUT2D eigenvalue weighted by atomic mass is 16.4. The molecule has 0 aliphatic heterocycles. The lowest BCUT2D eigenvalue weighted by Crippen LogP contribution is -2.47. The number of hydrogen-bond acceptors (Lipinski definition) is 4. The monoisotopic (exact) mass is 239 g/mol. The molecule has 0 aromatic carbocycles. The Morgan fingerprint density at radius 3 is 2.47 bits per heavy atom. The number of fused-ring (bicyclic) bond motifs is 2. The summed E-state index contributed by atoms with van der Waals surface area (Å²) in [5.41, 5.74) is -2.24. The Balaban J connectivity index is 2.33. The first-order chi connectivity index (χ1) is 7.66. The Morgan fingerprint density at radius 2 is 2.06 bits per heavy atom. The Kier molecular flexibility index (Phi) is 2.45. The molecule has 0 spiro atoms. The first kappa shape index (κ1) is 12.6. The minimum atomic E-state index is -1.46. The Morgan fingerprint density at radius 1 is 1.47 bits per heavy atom. The molecule has 0 radical (unpaired) electrons. The van der Waals surface area contributed by atoms with Crippen LogP contribution in [0, 0.1) is 16.7 Å². The number of rotatable bonds is 3. The van der Waals surface area contributed by atoms with Gasteiger partial charge in [0.25, 0.3) is 0 Å². The van der Waals surface area contributed by atoms with E-state index in [1.165, 1.54) is 0 Å². The van der Waals surface area contributed by atoms with Gasteiger partial charge in [0.05, 0.1) is 0 Å². The summed E-state index contributed by atoms with van der Waals surface area (Å²) in [4.78, 5) is 22.9. The molecule has 2 rings (SSSR count). The summed E-state index contributed by atoms with van der Waals surface area (Å²) in [6, 6.07) is 0. The fraction of sp³-hybridized carbons (Fsp3) is 0.846. The minimum absolute atomic E-state index is 0.0160. The van der Waals surface area contributed by atoms with Crippen LogP contribution in [0.4, 0.5) is 0 Å². The summed E-state index contributed by atoms with van der Waals surface area (Å²) in [7, 11) is 0. The third-order valence-corrected chi connectivity index (χ3v) is 5.41. The fourth-order valence-corrected chi connectivity index (χ4v) is 3.96. The number of carbonyl (C=O) groups is 2. The van der Waals surface area contributed by atoms with Crippen LogP contribution in [0.2, 0.25) is 0 Å². The number of ketones is 1. The SMILES string of the molecule is CC1(C)[C@@H]2CC[C@]1(C)C(=O)[C@]2(O)CCC(=O)[O-]. The van der Waals surface area contributed by atoms with Gasteiger partial charge in [-0.05, 0) is 31.1 Å². The summed E-state index contributed by atoms with van der Waals surface area (Å²) in [6.45, 7) is 5.89. The zero-order valence-electron chi connectivity index (χ0n) is 10.6. The molecule has 0 aromatic rings. The van der Waals surface area contributed by atoms with Gasteiger partial charge in [-0.1, -0.05) is 20.8 Å². The maximum Gasteiger partial charge on any atom is 0.171 e. The Labute approximate surface area is 101 Å². The summed E-state index contributed by atoms with van der Waals surface area (Å²) < 4.78 is 0. The van der Waals surface area contributed by atoms with E-state index in [9.17, 15) is 19.8 Å². The van der Waals surface area contributed by atoms with E-state index < -0.39 is 17.0 Å². The lowest BCUT2D eigenvalue weighted by molar-refractivity contribution is -0.306. The van der Waals surface area contributed by atoms with Crippen molar-refractivity contribution in [3.05, 3.63) is 0 Å². The molecule has 0 unspecified atom stereocenters. The van der Waals surface area contributed by atoms with Gasteiger partial charge in [0.15, 0.2) is 5.78 Å². The molecular weight excluding hydrogens is 220 g/mol. The van der Waals surface area contributed by atoms with Crippen LogP contribution in [0.1, 0.15) is 46.5 Å². The fourth-order valence-electron chi connectivity index (χ4n) is 3.96. The largest absolute Gasteiger partial charge is 0.550 e. The molecule has 0 amide bonds. The molecule has 0 saturated heterocycles. The highest BCUT2D eigenvalue weighted by molar-refractivity contribution is 5.97. The normalized spacial score (nSPS) is 43.1. The van der Waals surface area contributed by atoms with Crippen LogP contribution in [-0.2, 0) is 9.59 Å². The van der Waals surface area contributed by atoms with Gasteiger partial charge >= 0.3 is 0 Å². The molecule has 2 fully saturated rings. The molecule has 2 aliphatic carbocycles. The van der Waals surface area contributed by atoms with E-state index in [0.717, 1.165) is 12.8 Å². The summed E-state index contributed by atoms with van der Waals surface area (Å²) in [6.07, 6.45) is 1.30. The molecule has 17 heavy (non-hydrogen) atoms. The molecule has 2 bridgehead atoms. The zero-order chi connectivity index (χ0) is 13.1. The van der Waals surface area contributed by atoms with Crippen LogP contribution in [0.5, 0.6) is 0 Å². The second-order valence-electron chi connectivity index (χ2n) is 6.27. The van der Waals surface area contributed by atoms with E-state index >= 15 is 0 Å². The molecule has 2 aliphatic rings. The molecule has 0 aromatic heterocycles. The molecule has 4 heteroatoms. The molecule has 0 heterocycles. The zero-order valence-corrected chi connectivity index (χ0v) is 10.6. The molecule has 96 valence electrons. The van der Waals surface area contributed by atoms with Crippen LogP contribution in [0.25, 0.3) is 0 Å². The minimum Gasteiger partial charge on any atom is -0.550 e. The highest BCUT2D eigenvalue weighted by Crippen LogP contribution is 2.67. The first-order valence-electron chi connectivity index (χ1n) is 6.13. The van der Waals surface area contributed by atoms with Gasteiger partial charge in [-0.3, -0.25) is 4.79 Å². The van der Waals surface area contributed by atoms with Crippen LogP contribution in [0.15, 0.2) is 0 Å². The Hall–Kier alpha value is -0.900. The molecule has 3 atom stereocenters. The van der Waals surface area contributed by atoms with Crippen LogP contribution >= 0.6 is 0 Å². The number of carboxylic acids is 1. The van der Waals surface area contributed by atoms with Crippen LogP contribution < -0.4 is 5.11 Å². The third-order valence-electron chi connectivity index (χ3n) is 5.41. The maximum absolute atomic E-state index is 12.4. The van der Waals surface area contributed by atoms with Crippen molar-refractivity contribution in [2.45, 2.75) is 52.1 Å². The van der Waals surface area contributed by atoms with E-state index in [-0.39, 0.29) is 30.0 Å². The molecule has 1 N–H and O–H groups in total. The van der Waals surface area contributed by atoms with Crippen molar-refractivity contribution >= 4 is 11.8 Å². The van der Waals surface area contributed by atoms with Crippen molar-refractivity contribution in [2.24, 2.45) is 16.7 Å². The van der Waals surface area contributed by atoms with Gasteiger partial charge in [0.2, 0.25) is 0 Å². The van der Waals surface area contributed by atoms with Crippen molar-refractivity contribution < 1.29 is 19.8 Å². The summed E-state index contributed by atoms with van der Waals surface area (Å²) >= 11 is 0. The maximum atomic E-state index is 12.4. The van der Waals surface area contributed by atoms with Gasteiger partial charge in [-0.15, -0.1) is 0 Å². The van der Waals surface area contributed by atoms with E-state index in [2.05, 4.69) is 0 Å². The quantitative estimate of drug-likeness (QED) is 0.767. The number of carboxylic acid groups (broad SMARTS) is 1. The van der Waals surface area contributed by atoms with Crippen molar-refractivity contribution in [1.82, 2.24) is 0 Å². The van der Waals surface area contributed by atoms with E-state index in [4.69, 9.17) is 0 Å². The van der Waals surface area contributed by atoms with Gasteiger partial charge in [-0.2, -0.15) is 0 Å². The smallest absolute Gasteiger partial charge is 0.171 e. The van der Waals surface area contributed by atoms with Crippen molar-refractivity contribution in [3.63, 3.8) is 0 Å². The number of hydrogen-bond donors (Lipinski definition) is 1. The van der Waals surface area contributed by atoms with Gasteiger partial charge < -0.3 is 15.0 Å². The van der Waals surface area contributed by atoms with E-state index in [1.54, 1.807) is 0 Å². The third kappa shape index (κ3) is 1.33. The topological polar surface area (TPSA) is 77.4 Å². The second kappa shape index (κ2) is 3.31. The lowest BCUT2D eigenvalue weighted by Gasteiger charge is -2.33. The highest BCUT2D eigenvalue weighted by Gasteiger charge is 2.72. The van der Waals surface area contributed by atoms with Gasteiger partial charge in [0.1, 0.15) is 5.60 Å². The predicted octanol–water partition coefficient (Wildman–Crippen LogP) is 0.273. The van der Waals surface area contributed by atoms with E-state index in [1.807, 2.05) is 20.8 Å². The average molecular weight is 239 g/mol. The average Bonchev–Trinajstić information content (AvgIpc) is 2.51.